The standard InChI is InChI=1S/C17H34O/c1-5-7-9-11-13-15(3)17(18)16(4)14-12-10-8-6-2/h15-16H,5-14H2,1-4H3. The molecule has 0 saturated carbocycles. The molecule has 2 unspecified atom stereocenters. The minimum atomic E-state index is 0.281. The molecule has 108 valence electrons. The van der Waals surface area contributed by atoms with Crippen LogP contribution in [-0.2, 0) is 4.79 Å². The van der Waals surface area contributed by atoms with E-state index in [2.05, 4.69) is 27.7 Å². The maximum atomic E-state index is 12.2. The predicted molar refractivity (Wildman–Crippen MR) is 80.9 cm³/mol. The lowest BCUT2D eigenvalue weighted by Gasteiger charge is -2.16. The van der Waals surface area contributed by atoms with Crippen LogP contribution in [0.15, 0.2) is 0 Å². The van der Waals surface area contributed by atoms with Crippen LogP contribution < -0.4 is 0 Å². The Labute approximate surface area is 115 Å². The van der Waals surface area contributed by atoms with Gasteiger partial charge in [-0.3, -0.25) is 4.79 Å². The fraction of sp³-hybridized carbons (Fsp3) is 0.941. The number of unbranched alkanes of at least 4 members (excludes halogenated alkanes) is 6. The van der Waals surface area contributed by atoms with Gasteiger partial charge in [-0.05, 0) is 12.8 Å². The summed E-state index contributed by atoms with van der Waals surface area (Å²) < 4.78 is 0. The van der Waals surface area contributed by atoms with Crippen LogP contribution in [-0.4, -0.2) is 5.78 Å². The number of ketones is 1. The molecule has 0 rings (SSSR count). The van der Waals surface area contributed by atoms with Crippen molar-refractivity contribution in [3.63, 3.8) is 0 Å². The zero-order chi connectivity index (χ0) is 13.8. The molecular formula is C17H34O. The van der Waals surface area contributed by atoms with Crippen molar-refractivity contribution >= 4 is 5.78 Å². The average Bonchev–Trinajstić information content (AvgIpc) is 2.38. The highest BCUT2D eigenvalue weighted by Crippen LogP contribution is 2.19. The Morgan fingerprint density at radius 2 is 1.11 bits per heavy atom. The molecule has 0 N–H and O–H groups in total. The molecule has 0 saturated heterocycles. The van der Waals surface area contributed by atoms with Gasteiger partial charge in [0, 0.05) is 11.8 Å². The Bertz CT molecular complexity index is 178. The minimum absolute atomic E-state index is 0.281. The highest BCUT2D eigenvalue weighted by atomic mass is 16.1. The van der Waals surface area contributed by atoms with Crippen molar-refractivity contribution in [1.29, 1.82) is 0 Å². The van der Waals surface area contributed by atoms with Crippen LogP contribution in [0, 0.1) is 11.8 Å². The van der Waals surface area contributed by atoms with E-state index in [9.17, 15) is 4.79 Å². The second kappa shape index (κ2) is 11.7. The summed E-state index contributed by atoms with van der Waals surface area (Å²) in [5.41, 5.74) is 0. The van der Waals surface area contributed by atoms with Crippen LogP contribution >= 0.6 is 0 Å². The van der Waals surface area contributed by atoms with E-state index in [0.29, 0.717) is 5.78 Å². The van der Waals surface area contributed by atoms with E-state index < -0.39 is 0 Å². The van der Waals surface area contributed by atoms with Crippen LogP contribution in [0.2, 0.25) is 0 Å². The zero-order valence-corrected chi connectivity index (χ0v) is 13.1. The van der Waals surface area contributed by atoms with Gasteiger partial charge in [0.25, 0.3) is 0 Å². The maximum Gasteiger partial charge on any atom is 0.138 e. The van der Waals surface area contributed by atoms with Gasteiger partial charge >= 0.3 is 0 Å². The van der Waals surface area contributed by atoms with Gasteiger partial charge < -0.3 is 0 Å². The summed E-state index contributed by atoms with van der Waals surface area (Å²) in [6, 6.07) is 0. The molecule has 0 bridgehead atoms. The molecule has 1 heteroatoms. The molecule has 0 aromatic heterocycles. The highest BCUT2D eigenvalue weighted by molar-refractivity contribution is 5.82. The van der Waals surface area contributed by atoms with Crippen molar-refractivity contribution in [3.8, 4) is 0 Å². The van der Waals surface area contributed by atoms with Crippen LogP contribution in [0.3, 0.4) is 0 Å². The molecule has 2 atom stereocenters. The molecule has 0 spiro atoms. The van der Waals surface area contributed by atoms with Gasteiger partial charge in [0.1, 0.15) is 5.78 Å². The summed E-state index contributed by atoms with van der Waals surface area (Å²) in [5, 5.41) is 0. The quantitative estimate of drug-likeness (QED) is 0.404. The van der Waals surface area contributed by atoms with Crippen LogP contribution in [0.4, 0.5) is 0 Å². The number of Topliss-reactive ketones (excluding diaryl/α,β-unsaturated/α-hetero) is 1. The number of carbonyl (C=O) groups is 1. The third kappa shape index (κ3) is 8.72. The molecule has 0 amide bonds. The Kier molecular flexibility index (Phi) is 11.5. The molecule has 0 aromatic carbocycles. The summed E-state index contributed by atoms with van der Waals surface area (Å²) in [7, 11) is 0. The largest absolute Gasteiger partial charge is 0.299 e. The van der Waals surface area contributed by atoms with Gasteiger partial charge in [-0.1, -0.05) is 79.1 Å². The smallest absolute Gasteiger partial charge is 0.138 e. The third-order valence-corrected chi connectivity index (χ3v) is 3.95. The SMILES string of the molecule is CCCCCCC(C)C(=O)C(C)CCCCCC. The molecule has 0 aliphatic rings. The molecule has 0 aliphatic heterocycles. The van der Waals surface area contributed by atoms with Gasteiger partial charge in [0.05, 0.1) is 0 Å². The normalized spacial score (nSPS) is 14.4. The summed E-state index contributed by atoms with van der Waals surface area (Å²) in [5.74, 6) is 1.06. The second-order valence-corrected chi connectivity index (χ2v) is 5.90. The van der Waals surface area contributed by atoms with Gasteiger partial charge in [-0.2, -0.15) is 0 Å². The topological polar surface area (TPSA) is 17.1 Å². The minimum Gasteiger partial charge on any atom is -0.299 e. The molecule has 0 heterocycles. The number of hydrogen-bond acceptors (Lipinski definition) is 1. The summed E-state index contributed by atoms with van der Waals surface area (Å²) in [6.07, 6.45) is 12.4. The summed E-state index contributed by atoms with van der Waals surface area (Å²) in [6.45, 7) is 8.70. The first-order valence-corrected chi connectivity index (χ1v) is 8.17. The molecule has 0 fully saturated rings. The molecule has 18 heavy (non-hydrogen) atoms. The van der Waals surface area contributed by atoms with Gasteiger partial charge in [0.2, 0.25) is 0 Å². The van der Waals surface area contributed by atoms with Gasteiger partial charge in [-0.15, -0.1) is 0 Å². The van der Waals surface area contributed by atoms with E-state index in [4.69, 9.17) is 0 Å². The fourth-order valence-electron chi connectivity index (χ4n) is 2.52. The van der Waals surface area contributed by atoms with E-state index in [1.807, 2.05) is 0 Å². The molecule has 0 aliphatic carbocycles. The highest BCUT2D eigenvalue weighted by Gasteiger charge is 2.18. The van der Waals surface area contributed by atoms with E-state index in [1.54, 1.807) is 0 Å². The van der Waals surface area contributed by atoms with E-state index in [1.165, 1.54) is 51.4 Å². The number of carbonyl (C=O) groups excluding carboxylic acids is 1. The predicted octanol–water partition coefficient (Wildman–Crippen LogP) is 5.77. The van der Waals surface area contributed by atoms with E-state index >= 15 is 0 Å². The van der Waals surface area contributed by atoms with Gasteiger partial charge in [-0.25, -0.2) is 0 Å². The van der Waals surface area contributed by atoms with Crippen molar-refractivity contribution < 1.29 is 4.79 Å². The average molecular weight is 254 g/mol. The first kappa shape index (κ1) is 17.7. The van der Waals surface area contributed by atoms with Gasteiger partial charge in [0.15, 0.2) is 0 Å². The molecule has 0 aromatic rings. The maximum absolute atomic E-state index is 12.2. The van der Waals surface area contributed by atoms with Crippen molar-refractivity contribution in [2.45, 2.75) is 91.9 Å². The Morgan fingerprint density at radius 1 is 0.722 bits per heavy atom. The van der Waals surface area contributed by atoms with E-state index in [-0.39, 0.29) is 11.8 Å². The van der Waals surface area contributed by atoms with Crippen LogP contribution in [0.25, 0.3) is 0 Å². The van der Waals surface area contributed by atoms with E-state index in [0.717, 1.165) is 12.8 Å². The van der Waals surface area contributed by atoms with Crippen LogP contribution in [0.1, 0.15) is 91.9 Å². The molecule has 0 radical (unpaired) electrons. The first-order chi connectivity index (χ1) is 8.63. The Balaban J connectivity index is 3.68. The zero-order valence-electron chi connectivity index (χ0n) is 13.1. The summed E-state index contributed by atoms with van der Waals surface area (Å²) in [4.78, 5) is 12.2. The molecular weight excluding hydrogens is 220 g/mol. The summed E-state index contributed by atoms with van der Waals surface area (Å²) >= 11 is 0. The Morgan fingerprint density at radius 3 is 1.44 bits per heavy atom. The second-order valence-electron chi connectivity index (χ2n) is 5.90. The van der Waals surface area contributed by atoms with Crippen LogP contribution in [0.5, 0.6) is 0 Å². The third-order valence-electron chi connectivity index (χ3n) is 3.95. The fourth-order valence-corrected chi connectivity index (χ4v) is 2.52. The monoisotopic (exact) mass is 254 g/mol. The van der Waals surface area contributed by atoms with Crippen molar-refractivity contribution in [2.75, 3.05) is 0 Å². The molecule has 1 nitrogen and oxygen atoms in total. The lowest BCUT2D eigenvalue weighted by atomic mass is 9.88. The Hall–Kier alpha value is -0.330. The van der Waals surface area contributed by atoms with Crippen molar-refractivity contribution in [3.05, 3.63) is 0 Å². The lowest BCUT2D eigenvalue weighted by Crippen LogP contribution is -2.19. The van der Waals surface area contributed by atoms with Crippen molar-refractivity contribution in [1.82, 2.24) is 0 Å². The lowest BCUT2D eigenvalue weighted by molar-refractivity contribution is -0.126. The number of rotatable bonds is 12. The van der Waals surface area contributed by atoms with Crippen molar-refractivity contribution in [2.24, 2.45) is 11.8 Å². The first-order valence-electron chi connectivity index (χ1n) is 8.17. The number of hydrogen-bond donors (Lipinski definition) is 0.